The summed E-state index contributed by atoms with van der Waals surface area (Å²) in [4.78, 5) is 24.8. The molecule has 0 radical (unpaired) electrons. The van der Waals surface area contributed by atoms with Crippen molar-refractivity contribution in [1.82, 2.24) is 4.90 Å². The number of benzene rings is 1. The molecule has 0 bridgehead atoms. The Morgan fingerprint density at radius 3 is 2.67 bits per heavy atom. The van der Waals surface area contributed by atoms with E-state index in [-0.39, 0.29) is 39.3 Å². The number of hydrogen-bond acceptors (Lipinski definition) is 3. The van der Waals surface area contributed by atoms with Crippen molar-refractivity contribution in [2.75, 3.05) is 0 Å². The maximum absolute atomic E-state index is 12.7. The molecule has 1 amide bonds. The van der Waals surface area contributed by atoms with E-state index >= 15 is 0 Å². The molecule has 2 atom stereocenters. The van der Waals surface area contributed by atoms with Gasteiger partial charge in [-0.2, -0.15) is 0 Å². The maximum atomic E-state index is 12.7. The van der Waals surface area contributed by atoms with E-state index in [2.05, 4.69) is 0 Å². The van der Waals surface area contributed by atoms with Gasteiger partial charge in [0.25, 0.3) is 11.6 Å². The van der Waals surface area contributed by atoms with E-state index in [1.807, 2.05) is 13.8 Å². The van der Waals surface area contributed by atoms with Crippen molar-refractivity contribution >= 4 is 34.8 Å². The average Bonchev–Trinajstić information content (AvgIpc) is 2.81. The van der Waals surface area contributed by atoms with Crippen molar-refractivity contribution in [1.29, 1.82) is 0 Å². The molecule has 1 aromatic rings. The van der Waals surface area contributed by atoms with Gasteiger partial charge in [-0.25, -0.2) is 0 Å². The quantitative estimate of drug-likeness (QED) is 0.612. The number of halogens is 2. The number of hydrogen-bond donors (Lipinski definition) is 0. The molecule has 1 saturated heterocycles. The van der Waals surface area contributed by atoms with Gasteiger partial charge in [-0.3, -0.25) is 14.9 Å². The summed E-state index contributed by atoms with van der Waals surface area (Å²) >= 11 is 11.7. The predicted octanol–water partition coefficient (Wildman–Crippen LogP) is 4.30. The molecule has 5 nitrogen and oxygen atoms in total. The Hall–Kier alpha value is -1.33. The number of nitro benzene ring substituents is 1. The molecule has 0 saturated carbocycles. The molecule has 1 aromatic carbocycles. The minimum atomic E-state index is -0.629. The summed E-state index contributed by atoms with van der Waals surface area (Å²) in [6.45, 7) is 4.01. The summed E-state index contributed by atoms with van der Waals surface area (Å²) in [5.74, 6) is -0.228. The van der Waals surface area contributed by atoms with E-state index in [1.165, 1.54) is 12.1 Å². The van der Waals surface area contributed by atoms with Gasteiger partial charge in [0.05, 0.1) is 9.95 Å². The summed E-state index contributed by atoms with van der Waals surface area (Å²) in [6, 6.07) is 2.89. The van der Waals surface area contributed by atoms with Gasteiger partial charge in [0.2, 0.25) is 0 Å². The largest absolute Gasteiger partial charge is 0.333 e. The fourth-order valence-electron chi connectivity index (χ4n) is 2.82. The summed E-state index contributed by atoms with van der Waals surface area (Å²) in [6.07, 6.45) is 2.75. The van der Waals surface area contributed by atoms with Gasteiger partial charge in [0, 0.05) is 23.7 Å². The number of rotatable bonds is 3. The van der Waals surface area contributed by atoms with Crippen molar-refractivity contribution in [3.63, 3.8) is 0 Å². The SMILES string of the molecule is CCC1CCC(C)N1C(=O)c1cc(Cl)c(Cl)c([N+](=O)[O-])c1. The summed E-state index contributed by atoms with van der Waals surface area (Å²) in [5.41, 5.74) is -0.129. The van der Waals surface area contributed by atoms with Crippen LogP contribution in [0.15, 0.2) is 12.1 Å². The Bertz CT molecular complexity index is 592. The third kappa shape index (κ3) is 2.99. The van der Waals surface area contributed by atoms with Crippen LogP contribution in [0, 0.1) is 10.1 Å². The number of nitro groups is 1. The van der Waals surface area contributed by atoms with Gasteiger partial charge in [-0.15, -0.1) is 0 Å². The van der Waals surface area contributed by atoms with Crippen LogP contribution < -0.4 is 0 Å². The normalized spacial score (nSPS) is 21.6. The van der Waals surface area contributed by atoms with Crippen LogP contribution in [-0.4, -0.2) is 27.8 Å². The highest BCUT2D eigenvalue weighted by atomic mass is 35.5. The van der Waals surface area contributed by atoms with Crippen LogP contribution in [0.4, 0.5) is 5.69 Å². The molecular formula is C14H16Cl2N2O3. The van der Waals surface area contributed by atoms with Crippen molar-refractivity contribution in [2.45, 2.75) is 45.2 Å². The van der Waals surface area contributed by atoms with Gasteiger partial charge >= 0.3 is 0 Å². The topological polar surface area (TPSA) is 63.5 Å². The molecule has 0 aromatic heterocycles. The first-order valence-corrected chi connectivity index (χ1v) is 7.58. The molecule has 1 heterocycles. The fraction of sp³-hybridized carbons (Fsp3) is 0.500. The molecule has 1 fully saturated rings. The first-order valence-electron chi connectivity index (χ1n) is 6.82. The summed E-state index contributed by atoms with van der Waals surface area (Å²) in [5, 5.41) is 10.9. The third-order valence-corrected chi connectivity index (χ3v) is 4.74. The molecule has 2 rings (SSSR count). The second kappa shape index (κ2) is 6.20. The Labute approximate surface area is 133 Å². The van der Waals surface area contributed by atoms with E-state index in [1.54, 1.807) is 4.90 Å². The molecule has 7 heteroatoms. The molecule has 21 heavy (non-hydrogen) atoms. The molecule has 0 N–H and O–H groups in total. The summed E-state index contributed by atoms with van der Waals surface area (Å²) in [7, 11) is 0. The van der Waals surface area contributed by atoms with Crippen LogP contribution in [0.25, 0.3) is 0 Å². The van der Waals surface area contributed by atoms with Gasteiger partial charge in [-0.1, -0.05) is 30.1 Å². The first-order chi connectivity index (χ1) is 9.86. The lowest BCUT2D eigenvalue weighted by Gasteiger charge is -2.28. The molecule has 1 aliphatic heterocycles. The van der Waals surface area contributed by atoms with Gasteiger partial charge in [0.15, 0.2) is 0 Å². The van der Waals surface area contributed by atoms with Gasteiger partial charge in [0.1, 0.15) is 5.02 Å². The zero-order chi connectivity index (χ0) is 15.7. The van der Waals surface area contributed by atoms with Crippen LogP contribution in [0.2, 0.25) is 10.0 Å². The Kier molecular flexibility index (Phi) is 4.74. The Balaban J connectivity index is 2.42. The zero-order valence-electron chi connectivity index (χ0n) is 11.8. The second-order valence-electron chi connectivity index (χ2n) is 5.25. The predicted molar refractivity (Wildman–Crippen MR) is 82.1 cm³/mol. The van der Waals surface area contributed by atoms with E-state index in [0.29, 0.717) is 0 Å². The van der Waals surface area contributed by atoms with E-state index in [0.717, 1.165) is 19.3 Å². The van der Waals surface area contributed by atoms with E-state index < -0.39 is 4.92 Å². The van der Waals surface area contributed by atoms with Crippen molar-refractivity contribution in [3.05, 3.63) is 37.9 Å². The minimum absolute atomic E-state index is 0.0223. The molecule has 2 unspecified atom stereocenters. The van der Waals surface area contributed by atoms with E-state index in [4.69, 9.17) is 23.2 Å². The maximum Gasteiger partial charge on any atom is 0.290 e. The Morgan fingerprint density at radius 2 is 2.10 bits per heavy atom. The highest BCUT2D eigenvalue weighted by Gasteiger charge is 2.34. The monoisotopic (exact) mass is 330 g/mol. The highest BCUT2D eigenvalue weighted by Crippen LogP contribution is 2.35. The van der Waals surface area contributed by atoms with Crippen molar-refractivity contribution in [3.8, 4) is 0 Å². The lowest BCUT2D eigenvalue weighted by Crippen LogP contribution is -2.39. The van der Waals surface area contributed by atoms with Gasteiger partial charge in [-0.05, 0) is 32.3 Å². The third-order valence-electron chi connectivity index (χ3n) is 3.94. The number of carbonyl (C=O) groups excluding carboxylic acids is 1. The molecular weight excluding hydrogens is 315 g/mol. The number of likely N-dealkylation sites (tertiary alicyclic amines) is 1. The van der Waals surface area contributed by atoms with Crippen LogP contribution in [0.5, 0.6) is 0 Å². The standard InChI is InChI=1S/C14H16Cl2N2O3/c1-3-10-5-4-8(2)17(10)14(19)9-6-11(15)13(16)12(7-9)18(20)21/h6-8,10H,3-5H2,1-2H3. The fourth-order valence-corrected chi connectivity index (χ4v) is 3.21. The minimum Gasteiger partial charge on any atom is -0.333 e. The van der Waals surface area contributed by atoms with Crippen LogP contribution >= 0.6 is 23.2 Å². The first kappa shape index (κ1) is 16.0. The number of amides is 1. The van der Waals surface area contributed by atoms with Crippen molar-refractivity contribution in [2.24, 2.45) is 0 Å². The van der Waals surface area contributed by atoms with Crippen LogP contribution in [0.3, 0.4) is 0 Å². The molecule has 114 valence electrons. The molecule has 0 spiro atoms. The van der Waals surface area contributed by atoms with Crippen LogP contribution in [-0.2, 0) is 0 Å². The second-order valence-corrected chi connectivity index (χ2v) is 6.03. The lowest BCUT2D eigenvalue weighted by atomic mass is 10.1. The van der Waals surface area contributed by atoms with Gasteiger partial charge < -0.3 is 4.90 Å². The van der Waals surface area contributed by atoms with Crippen LogP contribution in [0.1, 0.15) is 43.5 Å². The number of nitrogens with zero attached hydrogens (tertiary/aromatic N) is 2. The highest BCUT2D eigenvalue weighted by molar-refractivity contribution is 6.43. The number of carbonyl (C=O) groups is 1. The molecule has 0 aliphatic carbocycles. The van der Waals surface area contributed by atoms with E-state index in [9.17, 15) is 14.9 Å². The zero-order valence-corrected chi connectivity index (χ0v) is 13.3. The summed E-state index contributed by atoms with van der Waals surface area (Å²) < 4.78 is 0. The average molecular weight is 331 g/mol. The lowest BCUT2D eigenvalue weighted by molar-refractivity contribution is -0.384. The Morgan fingerprint density at radius 1 is 1.43 bits per heavy atom. The van der Waals surface area contributed by atoms with Crippen molar-refractivity contribution < 1.29 is 9.72 Å². The smallest absolute Gasteiger partial charge is 0.290 e. The molecule has 1 aliphatic rings.